The fourth-order valence-corrected chi connectivity index (χ4v) is 4.27. The van der Waals surface area contributed by atoms with Crippen LogP contribution in [-0.4, -0.2) is 40.9 Å². The fraction of sp³-hybridized carbons (Fsp3) is 0.154. The maximum atomic E-state index is 13.4. The number of hydrogen-bond acceptors (Lipinski definition) is 7. The average Bonchev–Trinajstić information content (AvgIpc) is 2.88. The van der Waals surface area contributed by atoms with E-state index in [1.54, 1.807) is 67.6 Å². The summed E-state index contributed by atoms with van der Waals surface area (Å²) in [4.78, 5) is 42.5. The minimum absolute atomic E-state index is 0.0134. The number of aromatic nitrogens is 2. The molecule has 0 saturated carbocycles. The zero-order chi connectivity index (χ0) is 24.8. The first-order valence-electron chi connectivity index (χ1n) is 10.9. The molecular weight excluding hydrogens is 466 g/mol. The number of esters is 1. The Hall–Kier alpha value is -4.11. The van der Waals surface area contributed by atoms with Gasteiger partial charge < -0.3 is 14.8 Å². The van der Waals surface area contributed by atoms with Crippen molar-refractivity contribution in [1.29, 1.82) is 0 Å². The first-order valence-corrected chi connectivity index (χ1v) is 11.9. The lowest BCUT2D eigenvalue weighted by Crippen LogP contribution is -2.23. The van der Waals surface area contributed by atoms with E-state index in [-0.39, 0.29) is 23.8 Å². The van der Waals surface area contributed by atoms with Crippen LogP contribution in [0.15, 0.2) is 82.7 Å². The van der Waals surface area contributed by atoms with Crippen molar-refractivity contribution < 1.29 is 19.1 Å². The van der Waals surface area contributed by atoms with Gasteiger partial charge in [0.1, 0.15) is 5.75 Å². The summed E-state index contributed by atoms with van der Waals surface area (Å²) in [5, 5.41) is 3.63. The molecule has 4 rings (SSSR count). The number of carbonyl (C=O) groups excluding carboxylic acids is 2. The van der Waals surface area contributed by atoms with Gasteiger partial charge in [-0.3, -0.25) is 14.2 Å². The van der Waals surface area contributed by atoms with Crippen molar-refractivity contribution in [2.45, 2.75) is 12.1 Å². The van der Waals surface area contributed by atoms with Gasteiger partial charge in [-0.15, -0.1) is 0 Å². The van der Waals surface area contributed by atoms with E-state index in [0.29, 0.717) is 38.7 Å². The number of benzene rings is 3. The highest BCUT2D eigenvalue weighted by atomic mass is 32.2. The molecule has 0 spiro atoms. The van der Waals surface area contributed by atoms with Gasteiger partial charge in [0, 0.05) is 5.69 Å². The lowest BCUT2D eigenvalue weighted by molar-refractivity contribution is -0.113. The van der Waals surface area contributed by atoms with E-state index in [0.717, 1.165) is 11.8 Å². The van der Waals surface area contributed by atoms with E-state index in [2.05, 4.69) is 10.3 Å². The molecule has 0 aliphatic rings. The third-order valence-electron chi connectivity index (χ3n) is 5.08. The molecule has 0 fully saturated rings. The molecular formula is C26H23N3O5S. The van der Waals surface area contributed by atoms with Crippen molar-refractivity contribution in [3.8, 4) is 11.4 Å². The van der Waals surface area contributed by atoms with Gasteiger partial charge in [0.2, 0.25) is 5.91 Å². The van der Waals surface area contributed by atoms with E-state index in [1.165, 1.54) is 11.7 Å². The third kappa shape index (κ3) is 5.36. The highest BCUT2D eigenvalue weighted by Crippen LogP contribution is 2.27. The summed E-state index contributed by atoms with van der Waals surface area (Å²) in [6.07, 6.45) is 0. The van der Waals surface area contributed by atoms with Crippen LogP contribution in [0.5, 0.6) is 5.75 Å². The molecule has 178 valence electrons. The zero-order valence-electron chi connectivity index (χ0n) is 19.2. The Bertz CT molecular complexity index is 1430. The first kappa shape index (κ1) is 24.0. The van der Waals surface area contributed by atoms with Crippen molar-refractivity contribution in [1.82, 2.24) is 9.55 Å². The van der Waals surface area contributed by atoms with Gasteiger partial charge in [-0.1, -0.05) is 36.0 Å². The van der Waals surface area contributed by atoms with Crippen LogP contribution in [0.2, 0.25) is 0 Å². The summed E-state index contributed by atoms with van der Waals surface area (Å²) in [5.74, 6) is -0.176. The monoisotopic (exact) mass is 489 g/mol. The second kappa shape index (κ2) is 10.9. The Morgan fingerprint density at radius 3 is 2.46 bits per heavy atom. The van der Waals surface area contributed by atoms with Crippen LogP contribution in [-0.2, 0) is 9.53 Å². The Kier molecular flexibility index (Phi) is 7.47. The maximum Gasteiger partial charge on any atom is 0.338 e. The van der Waals surface area contributed by atoms with Crippen molar-refractivity contribution >= 4 is 40.2 Å². The van der Waals surface area contributed by atoms with E-state index >= 15 is 0 Å². The summed E-state index contributed by atoms with van der Waals surface area (Å²) in [6.45, 7) is 2.03. The predicted molar refractivity (Wildman–Crippen MR) is 136 cm³/mol. The number of ether oxygens (including phenoxy) is 2. The number of amides is 1. The maximum absolute atomic E-state index is 13.4. The minimum Gasteiger partial charge on any atom is -0.495 e. The number of thioether (sulfide) groups is 1. The van der Waals surface area contributed by atoms with E-state index in [4.69, 9.17) is 9.47 Å². The van der Waals surface area contributed by atoms with Crippen LogP contribution >= 0.6 is 11.8 Å². The van der Waals surface area contributed by atoms with Crippen molar-refractivity contribution in [3.63, 3.8) is 0 Å². The van der Waals surface area contributed by atoms with Crippen LogP contribution in [0.3, 0.4) is 0 Å². The second-order valence-electron chi connectivity index (χ2n) is 7.36. The highest BCUT2D eigenvalue weighted by molar-refractivity contribution is 7.99. The summed E-state index contributed by atoms with van der Waals surface area (Å²) in [7, 11) is 1.53. The molecule has 1 amide bonds. The molecule has 3 aromatic carbocycles. The molecule has 4 aromatic rings. The van der Waals surface area contributed by atoms with Crippen LogP contribution in [0.4, 0.5) is 5.69 Å². The van der Waals surface area contributed by atoms with Crippen molar-refractivity contribution in [2.75, 3.05) is 24.8 Å². The molecule has 0 bridgehead atoms. The number of methoxy groups -OCH3 is 1. The summed E-state index contributed by atoms with van der Waals surface area (Å²) < 4.78 is 11.9. The Morgan fingerprint density at radius 1 is 1.00 bits per heavy atom. The number of fused-ring (bicyclic) bond motifs is 1. The molecule has 0 aliphatic heterocycles. The molecule has 35 heavy (non-hydrogen) atoms. The van der Waals surface area contributed by atoms with Gasteiger partial charge in [0.25, 0.3) is 5.56 Å². The topological polar surface area (TPSA) is 99.5 Å². The molecule has 1 N–H and O–H groups in total. The SMILES string of the molecule is CCOC(=O)c1ccc(NC(=O)CSc2nc3ccccc3c(=O)n2-c2ccccc2OC)cc1. The average molecular weight is 490 g/mol. The molecule has 0 saturated heterocycles. The molecule has 0 atom stereocenters. The van der Waals surface area contributed by atoms with Crippen LogP contribution < -0.4 is 15.6 Å². The number of rotatable bonds is 8. The molecule has 0 radical (unpaired) electrons. The Morgan fingerprint density at radius 2 is 1.71 bits per heavy atom. The number of hydrogen-bond donors (Lipinski definition) is 1. The first-order chi connectivity index (χ1) is 17.0. The quantitative estimate of drug-likeness (QED) is 0.224. The van der Waals surface area contributed by atoms with Crippen LogP contribution in [0.25, 0.3) is 16.6 Å². The predicted octanol–water partition coefficient (Wildman–Crippen LogP) is 4.30. The summed E-state index contributed by atoms with van der Waals surface area (Å²) in [5.41, 5.74) is 1.77. The van der Waals surface area contributed by atoms with Gasteiger partial charge >= 0.3 is 5.97 Å². The van der Waals surface area contributed by atoms with E-state index < -0.39 is 5.97 Å². The molecule has 1 aromatic heterocycles. The fourth-order valence-electron chi connectivity index (χ4n) is 3.47. The van der Waals surface area contributed by atoms with Crippen molar-refractivity contribution in [2.24, 2.45) is 0 Å². The Balaban J connectivity index is 1.59. The van der Waals surface area contributed by atoms with Gasteiger partial charge in [0.05, 0.1) is 41.6 Å². The molecule has 8 nitrogen and oxygen atoms in total. The standard InChI is InChI=1S/C26H23N3O5S/c1-3-34-25(32)17-12-14-18(15-13-17)27-23(30)16-35-26-28-20-9-5-4-8-19(20)24(31)29(26)21-10-6-7-11-22(21)33-2/h4-15H,3,16H2,1-2H3,(H,27,30). The molecule has 1 heterocycles. The van der Waals surface area contributed by atoms with Gasteiger partial charge in [-0.25, -0.2) is 9.78 Å². The van der Waals surface area contributed by atoms with Gasteiger partial charge in [-0.05, 0) is 55.5 Å². The number of carbonyl (C=O) groups is 2. The molecule has 0 unspecified atom stereocenters. The number of para-hydroxylation sites is 3. The number of nitrogens with one attached hydrogen (secondary N) is 1. The lowest BCUT2D eigenvalue weighted by atomic mass is 10.2. The number of nitrogens with zero attached hydrogens (tertiary/aromatic N) is 2. The van der Waals surface area contributed by atoms with Crippen molar-refractivity contribution in [3.05, 3.63) is 88.7 Å². The highest BCUT2D eigenvalue weighted by Gasteiger charge is 2.17. The minimum atomic E-state index is -0.419. The second-order valence-corrected chi connectivity index (χ2v) is 8.30. The number of anilines is 1. The van der Waals surface area contributed by atoms with E-state index in [9.17, 15) is 14.4 Å². The normalized spacial score (nSPS) is 10.7. The van der Waals surface area contributed by atoms with Gasteiger partial charge in [-0.2, -0.15) is 0 Å². The van der Waals surface area contributed by atoms with E-state index in [1.807, 2.05) is 12.1 Å². The zero-order valence-corrected chi connectivity index (χ0v) is 20.0. The molecule has 0 aliphatic carbocycles. The molecule has 9 heteroatoms. The largest absolute Gasteiger partial charge is 0.495 e. The smallest absolute Gasteiger partial charge is 0.338 e. The summed E-state index contributed by atoms with van der Waals surface area (Å²) >= 11 is 1.14. The van der Waals surface area contributed by atoms with Gasteiger partial charge in [0.15, 0.2) is 5.16 Å². The van der Waals surface area contributed by atoms with Crippen LogP contribution in [0, 0.1) is 0 Å². The third-order valence-corrected chi connectivity index (χ3v) is 6.02. The summed E-state index contributed by atoms with van der Waals surface area (Å²) in [6, 6.07) is 20.7. The lowest BCUT2D eigenvalue weighted by Gasteiger charge is -2.15. The van der Waals surface area contributed by atoms with Crippen LogP contribution in [0.1, 0.15) is 17.3 Å². The Labute approximate surface area is 205 Å².